The van der Waals surface area contributed by atoms with Crippen molar-refractivity contribution in [3.05, 3.63) is 72.4 Å². The molecule has 5 unspecified atom stereocenters. The van der Waals surface area contributed by atoms with Crippen molar-refractivity contribution in [2.75, 3.05) is 0 Å². The minimum atomic E-state index is -0.488. The molecule has 0 aliphatic rings. The van der Waals surface area contributed by atoms with Crippen LogP contribution >= 0.6 is 0 Å². The van der Waals surface area contributed by atoms with Crippen LogP contribution in [0.1, 0.15) is 85.0 Å². The molecule has 0 aliphatic carbocycles. The van der Waals surface area contributed by atoms with Crippen LogP contribution in [0.15, 0.2) is 72.4 Å². The van der Waals surface area contributed by atoms with E-state index in [2.05, 4.69) is 0 Å². The quantitative estimate of drug-likeness (QED) is 0.146. The molecule has 0 radical (unpaired) electrons. The van der Waals surface area contributed by atoms with E-state index in [0.29, 0.717) is 64.2 Å². The van der Waals surface area contributed by atoms with Gasteiger partial charge in [-0.25, -0.2) is 0 Å². The van der Waals surface area contributed by atoms with Gasteiger partial charge in [0.2, 0.25) is 0 Å². The van der Waals surface area contributed by atoms with Crippen LogP contribution in [0.5, 0.6) is 0 Å². The summed E-state index contributed by atoms with van der Waals surface area (Å²) in [6, 6.07) is 0. The summed E-state index contributed by atoms with van der Waals surface area (Å²) in [6.07, 6.45) is 24.5. The molecule has 5 heteroatoms. The second-order valence-electron chi connectivity index (χ2n) is 9.36. The summed E-state index contributed by atoms with van der Waals surface area (Å²) in [5.41, 5.74) is 1.20. The molecule has 0 saturated carbocycles. The Morgan fingerprint density at radius 1 is 0.429 bits per heavy atom. The zero-order chi connectivity index (χ0) is 26.3. The fourth-order valence-corrected chi connectivity index (χ4v) is 3.17. The van der Waals surface area contributed by atoms with Crippen LogP contribution < -0.4 is 0 Å². The van der Waals surface area contributed by atoms with Crippen molar-refractivity contribution in [2.24, 2.45) is 0 Å². The van der Waals surface area contributed by atoms with Crippen LogP contribution in [0.2, 0.25) is 0 Å². The first-order valence-electron chi connectivity index (χ1n) is 13.0. The van der Waals surface area contributed by atoms with Gasteiger partial charge in [0.1, 0.15) is 0 Å². The Bertz CT molecular complexity index is 670. The Balaban J connectivity index is 3.91. The molecule has 0 aromatic rings. The second kappa shape index (κ2) is 22.7. The molecule has 5 N–H and O–H groups in total. The van der Waals surface area contributed by atoms with Gasteiger partial charge in [-0.3, -0.25) is 0 Å². The van der Waals surface area contributed by atoms with Gasteiger partial charge in [-0.2, -0.15) is 0 Å². The summed E-state index contributed by atoms with van der Waals surface area (Å²) in [6.45, 7) is 5.95. The van der Waals surface area contributed by atoms with Crippen LogP contribution in [0.3, 0.4) is 0 Å². The van der Waals surface area contributed by atoms with Crippen molar-refractivity contribution >= 4 is 0 Å². The van der Waals surface area contributed by atoms with Gasteiger partial charge in [-0.15, -0.1) is 0 Å². The maximum Gasteiger partial charge on any atom is 0.0609 e. The summed E-state index contributed by atoms with van der Waals surface area (Å²) in [5, 5.41) is 49.7. The van der Waals surface area contributed by atoms with E-state index in [-0.39, 0.29) is 12.2 Å². The van der Waals surface area contributed by atoms with E-state index in [1.807, 2.05) is 87.6 Å². The average molecular weight is 491 g/mol. The standard InChI is InChI=1S/C30H50O5/c1-4-5-14-26(31)15-6-7-16-27(32)17-8-9-18-28(33)19-10-11-20-29(34)21-12-13-22-30(35)24-23-25(2)3/h4-13,23,26-35H,14-22,24H2,1-3H3/b5-4+,7-6-,9-8+,11-10+,13-12-. The summed E-state index contributed by atoms with van der Waals surface area (Å²) in [4.78, 5) is 0. The van der Waals surface area contributed by atoms with Gasteiger partial charge < -0.3 is 25.5 Å². The molecule has 0 aliphatic heterocycles. The third-order valence-electron chi connectivity index (χ3n) is 5.37. The van der Waals surface area contributed by atoms with Crippen molar-refractivity contribution in [2.45, 2.75) is 115 Å². The number of hydrogen-bond acceptors (Lipinski definition) is 5. The second-order valence-corrected chi connectivity index (χ2v) is 9.36. The van der Waals surface area contributed by atoms with Crippen molar-refractivity contribution in [1.29, 1.82) is 0 Å². The number of hydrogen-bond donors (Lipinski definition) is 5. The van der Waals surface area contributed by atoms with Crippen LogP contribution in [0.4, 0.5) is 0 Å². The molecule has 0 spiro atoms. The Hall–Kier alpha value is -1.76. The smallest absolute Gasteiger partial charge is 0.0609 e. The van der Waals surface area contributed by atoms with E-state index in [0.717, 1.165) is 0 Å². The highest BCUT2D eigenvalue weighted by atomic mass is 16.3. The SMILES string of the molecule is C/C=C/CC(O)C/C=C\CC(O)C/C=C/CC(O)C/C=C/CC(O)C/C=C\CC(O)CC=C(C)C. The van der Waals surface area contributed by atoms with E-state index in [4.69, 9.17) is 0 Å². The number of aliphatic hydroxyl groups is 5. The molecular weight excluding hydrogens is 440 g/mol. The molecule has 200 valence electrons. The maximum absolute atomic E-state index is 10.1. The van der Waals surface area contributed by atoms with E-state index in [9.17, 15) is 25.5 Å². The largest absolute Gasteiger partial charge is 0.392 e. The molecule has 5 atom stereocenters. The Labute approximate surface area is 213 Å². The van der Waals surface area contributed by atoms with Gasteiger partial charge in [0.15, 0.2) is 0 Å². The lowest BCUT2D eigenvalue weighted by atomic mass is 10.1. The first-order valence-corrected chi connectivity index (χ1v) is 13.0. The van der Waals surface area contributed by atoms with Gasteiger partial charge in [0.25, 0.3) is 0 Å². The lowest BCUT2D eigenvalue weighted by Crippen LogP contribution is -2.06. The average Bonchev–Trinajstić information content (AvgIpc) is 2.82. The van der Waals surface area contributed by atoms with E-state index < -0.39 is 18.3 Å². The molecule has 0 heterocycles. The van der Waals surface area contributed by atoms with Gasteiger partial charge in [-0.05, 0) is 85.0 Å². The number of aliphatic hydroxyl groups excluding tert-OH is 5. The van der Waals surface area contributed by atoms with E-state index >= 15 is 0 Å². The third kappa shape index (κ3) is 23.7. The normalized spacial score (nSPS) is 17.1. The lowest BCUT2D eigenvalue weighted by Gasteiger charge is -2.07. The van der Waals surface area contributed by atoms with Crippen molar-refractivity contribution in [3.8, 4) is 0 Å². The molecule has 5 nitrogen and oxygen atoms in total. The monoisotopic (exact) mass is 490 g/mol. The third-order valence-corrected chi connectivity index (χ3v) is 5.37. The Morgan fingerprint density at radius 2 is 0.657 bits per heavy atom. The Kier molecular flexibility index (Phi) is 21.5. The predicted octanol–water partition coefficient (Wildman–Crippen LogP) is 5.46. The van der Waals surface area contributed by atoms with E-state index in [1.165, 1.54) is 5.57 Å². The summed E-state index contributed by atoms with van der Waals surface area (Å²) < 4.78 is 0. The molecule has 0 aromatic carbocycles. The van der Waals surface area contributed by atoms with Crippen molar-refractivity contribution in [1.82, 2.24) is 0 Å². The molecule has 0 bridgehead atoms. The zero-order valence-corrected chi connectivity index (χ0v) is 22.0. The Morgan fingerprint density at radius 3 is 0.886 bits per heavy atom. The fraction of sp³-hybridized carbons (Fsp3) is 0.600. The van der Waals surface area contributed by atoms with Crippen LogP contribution in [0, 0.1) is 0 Å². The highest BCUT2D eigenvalue weighted by molar-refractivity contribution is 4.97. The molecule has 0 amide bonds. The van der Waals surface area contributed by atoms with Crippen LogP contribution in [-0.2, 0) is 0 Å². The zero-order valence-electron chi connectivity index (χ0n) is 22.0. The molecular formula is C30H50O5. The summed E-state index contributed by atoms with van der Waals surface area (Å²) in [7, 11) is 0. The predicted molar refractivity (Wildman–Crippen MR) is 147 cm³/mol. The molecule has 0 saturated heterocycles. The lowest BCUT2D eigenvalue weighted by molar-refractivity contribution is 0.173. The van der Waals surface area contributed by atoms with Crippen molar-refractivity contribution in [3.63, 3.8) is 0 Å². The minimum absolute atomic E-state index is 0.377. The van der Waals surface area contributed by atoms with Gasteiger partial charge >= 0.3 is 0 Å². The number of rotatable bonds is 20. The highest BCUT2D eigenvalue weighted by Crippen LogP contribution is 2.08. The first-order chi connectivity index (χ1) is 16.7. The summed E-state index contributed by atoms with van der Waals surface area (Å²) in [5.74, 6) is 0. The highest BCUT2D eigenvalue weighted by Gasteiger charge is 2.03. The topological polar surface area (TPSA) is 101 Å². The molecule has 0 fully saturated rings. The van der Waals surface area contributed by atoms with Crippen LogP contribution in [-0.4, -0.2) is 56.1 Å². The molecule has 0 aromatic heterocycles. The van der Waals surface area contributed by atoms with Gasteiger partial charge in [-0.1, -0.05) is 72.4 Å². The molecule has 0 rings (SSSR count). The van der Waals surface area contributed by atoms with Gasteiger partial charge in [0.05, 0.1) is 30.5 Å². The molecule has 35 heavy (non-hydrogen) atoms. The van der Waals surface area contributed by atoms with E-state index in [1.54, 1.807) is 0 Å². The van der Waals surface area contributed by atoms with Gasteiger partial charge in [0, 0.05) is 0 Å². The minimum Gasteiger partial charge on any atom is -0.392 e. The summed E-state index contributed by atoms with van der Waals surface area (Å²) >= 11 is 0. The van der Waals surface area contributed by atoms with Crippen LogP contribution in [0.25, 0.3) is 0 Å². The number of allylic oxidation sites excluding steroid dienone is 2. The van der Waals surface area contributed by atoms with Crippen molar-refractivity contribution < 1.29 is 25.5 Å². The fourth-order valence-electron chi connectivity index (χ4n) is 3.17. The first kappa shape index (κ1) is 33.2. The maximum atomic E-state index is 10.1.